The van der Waals surface area contributed by atoms with Crippen molar-refractivity contribution >= 4 is 17.5 Å². The summed E-state index contributed by atoms with van der Waals surface area (Å²) in [7, 11) is 0. The Kier molecular flexibility index (Phi) is 3.48. The second-order valence-electron chi connectivity index (χ2n) is 5.11. The molecule has 0 aromatic heterocycles. The number of hydrogen-bond acceptors (Lipinski definition) is 4. The van der Waals surface area contributed by atoms with Crippen LogP contribution in [0, 0.1) is 11.3 Å². The van der Waals surface area contributed by atoms with E-state index in [0.717, 1.165) is 0 Å². The highest BCUT2D eigenvalue weighted by atomic mass is 16.4. The number of carboxylic acids is 1. The molecule has 90 valence electrons. The van der Waals surface area contributed by atoms with Gasteiger partial charge in [0.05, 0.1) is 5.92 Å². The van der Waals surface area contributed by atoms with Crippen LogP contribution in [0.15, 0.2) is 0 Å². The van der Waals surface area contributed by atoms with Gasteiger partial charge in [-0.2, -0.15) is 0 Å². The molecular formula is C11H17NO4. The fourth-order valence-corrected chi connectivity index (χ4v) is 1.78. The zero-order chi connectivity index (χ0) is 12.5. The topological polar surface area (TPSA) is 83.5 Å². The summed E-state index contributed by atoms with van der Waals surface area (Å²) < 4.78 is 0. The maximum Gasteiger partial charge on any atom is 0.321 e. The zero-order valence-corrected chi connectivity index (χ0v) is 9.74. The first-order chi connectivity index (χ1) is 7.25. The largest absolute Gasteiger partial charge is 0.480 e. The first kappa shape index (κ1) is 12.8. The highest BCUT2D eigenvalue weighted by Crippen LogP contribution is 2.23. The smallest absolute Gasteiger partial charge is 0.321 e. The molecule has 0 aromatic carbocycles. The summed E-state index contributed by atoms with van der Waals surface area (Å²) in [6.07, 6.45) is 0.414. The van der Waals surface area contributed by atoms with Gasteiger partial charge in [-0.1, -0.05) is 20.8 Å². The molecule has 0 aromatic rings. The Bertz CT molecular complexity index is 329. The Morgan fingerprint density at radius 1 is 1.25 bits per heavy atom. The number of carboxylic acid groups (broad SMARTS) is 1. The van der Waals surface area contributed by atoms with Crippen LogP contribution < -0.4 is 5.32 Å². The summed E-state index contributed by atoms with van der Waals surface area (Å²) in [5.41, 5.74) is -0.747. The quantitative estimate of drug-likeness (QED) is 0.674. The second-order valence-corrected chi connectivity index (χ2v) is 5.11. The Morgan fingerprint density at radius 2 is 1.81 bits per heavy atom. The van der Waals surface area contributed by atoms with Gasteiger partial charge in [0.25, 0.3) is 0 Å². The molecule has 0 bridgehead atoms. The molecule has 0 spiro atoms. The van der Waals surface area contributed by atoms with E-state index in [1.54, 1.807) is 20.8 Å². The van der Waals surface area contributed by atoms with Crippen LogP contribution in [0.2, 0.25) is 0 Å². The van der Waals surface area contributed by atoms with E-state index in [2.05, 4.69) is 5.32 Å². The number of nitrogens with one attached hydrogen (secondary N) is 1. The minimum atomic E-state index is -1.07. The number of rotatable bonds is 3. The average Bonchev–Trinajstić information content (AvgIpc) is 2.62. The summed E-state index contributed by atoms with van der Waals surface area (Å²) >= 11 is 0. The molecule has 1 saturated heterocycles. The minimum absolute atomic E-state index is 0.414. The van der Waals surface area contributed by atoms with Crippen molar-refractivity contribution in [3.8, 4) is 0 Å². The van der Waals surface area contributed by atoms with Crippen LogP contribution in [-0.2, 0) is 14.4 Å². The fraction of sp³-hybridized carbons (Fsp3) is 0.727. The molecular weight excluding hydrogens is 210 g/mol. The lowest BCUT2D eigenvalue weighted by molar-refractivity contribution is -0.147. The lowest BCUT2D eigenvalue weighted by atomic mass is 9.82. The number of aliphatic carboxylic acids is 1. The molecule has 1 aliphatic heterocycles. The van der Waals surface area contributed by atoms with Crippen LogP contribution in [0.1, 0.15) is 27.2 Å². The summed E-state index contributed by atoms with van der Waals surface area (Å²) in [6, 6.07) is -0.918. The molecule has 5 nitrogen and oxygen atoms in total. The Labute approximate surface area is 94.2 Å². The predicted octanol–water partition coefficient (Wildman–Crippen LogP) is 0.233. The van der Waals surface area contributed by atoms with E-state index >= 15 is 0 Å². The fourth-order valence-electron chi connectivity index (χ4n) is 1.78. The van der Waals surface area contributed by atoms with E-state index in [-0.39, 0.29) is 0 Å². The van der Waals surface area contributed by atoms with E-state index in [4.69, 9.17) is 5.11 Å². The van der Waals surface area contributed by atoms with Crippen LogP contribution in [0.4, 0.5) is 0 Å². The van der Waals surface area contributed by atoms with Gasteiger partial charge in [-0.25, -0.2) is 0 Å². The van der Waals surface area contributed by atoms with Crippen molar-refractivity contribution in [2.45, 2.75) is 33.2 Å². The number of ketones is 2. The van der Waals surface area contributed by atoms with Gasteiger partial charge >= 0.3 is 5.97 Å². The third-order valence-corrected chi connectivity index (χ3v) is 2.73. The molecule has 2 atom stereocenters. The van der Waals surface area contributed by atoms with Crippen LogP contribution in [0.5, 0.6) is 0 Å². The van der Waals surface area contributed by atoms with Gasteiger partial charge < -0.3 is 10.4 Å². The second kappa shape index (κ2) is 4.33. The Hall–Kier alpha value is -1.23. The van der Waals surface area contributed by atoms with Gasteiger partial charge in [-0.15, -0.1) is 0 Å². The van der Waals surface area contributed by atoms with Crippen molar-refractivity contribution < 1.29 is 19.5 Å². The minimum Gasteiger partial charge on any atom is -0.480 e. The molecule has 1 aliphatic rings. The maximum atomic E-state index is 11.9. The monoisotopic (exact) mass is 227 g/mol. The Balaban J connectivity index is 2.82. The summed E-state index contributed by atoms with van der Waals surface area (Å²) in [5.74, 6) is -2.85. The van der Waals surface area contributed by atoms with Gasteiger partial charge in [0, 0.05) is 5.41 Å². The van der Waals surface area contributed by atoms with Crippen molar-refractivity contribution in [3.05, 3.63) is 0 Å². The lowest BCUT2D eigenvalue weighted by Gasteiger charge is -2.19. The first-order valence-corrected chi connectivity index (χ1v) is 5.30. The van der Waals surface area contributed by atoms with Gasteiger partial charge in [-0.05, 0) is 13.0 Å². The zero-order valence-electron chi connectivity index (χ0n) is 9.74. The molecule has 0 radical (unpaired) electrons. The third-order valence-electron chi connectivity index (χ3n) is 2.73. The van der Waals surface area contributed by atoms with Gasteiger partial charge in [-0.3, -0.25) is 14.4 Å². The molecule has 0 amide bonds. The highest BCUT2D eigenvalue weighted by Gasteiger charge is 2.42. The van der Waals surface area contributed by atoms with Crippen LogP contribution in [0.25, 0.3) is 0 Å². The summed E-state index contributed by atoms with van der Waals surface area (Å²) in [4.78, 5) is 34.5. The van der Waals surface area contributed by atoms with E-state index in [1.807, 2.05) is 0 Å². The predicted molar refractivity (Wildman–Crippen MR) is 57.0 cm³/mol. The molecule has 1 heterocycles. The van der Waals surface area contributed by atoms with Crippen LogP contribution in [-0.4, -0.2) is 35.2 Å². The molecule has 2 N–H and O–H groups in total. The number of hydrogen-bond donors (Lipinski definition) is 2. The first-order valence-electron chi connectivity index (χ1n) is 5.30. The molecule has 1 rings (SSSR count). The Morgan fingerprint density at radius 3 is 2.25 bits per heavy atom. The summed E-state index contributed by atoms with van der Waals surface area (Å²) in [5, 5.41) is 11.6. The van der Waals surface area contributed by atoms with E-state index in [1.165, 1.54) is 0 Å². The SMILES string of the molecule is CC(C)(C)C(=O)C(=O)C1CCN[C@@H]1C(=O)O. The van der Waals surface area contributed by atoms with E-state index < -0.39 is 34.9 Å². The van der Waals surface area contributed by atoms with Gasteiger partial charge in [0.1, 0.15) is 6.04 Å². The van der Waals surface area contributed by atoms with Crippen LogP contribution >= 0.6 is 0 Å². The van der Waals surface area contributed by atoms with Crippen molar-refractivity contribution in [1.29, 1.82) is 0 Å². The van der Waals surface area contributed by atoms with Crippen molar-refractivity contribution in [1.82, 2.24) is 5.32 Å². The number of Topliss-reactive ketones (excluding diaryl/α,β-unsaturated/α-hetero) is 2. The van der Waals surface area contributed by atoms with Crippen molar-refractivity contribution in [3.63, 3.8) is 0 Å². The molecule has 0 saturated carbocycles. The summed E-state index contributed by atoms with van der Waals surface area (Å²) in [6.45, 7) is 5.44. The molecule has 5 heteroatoms. The number of carbonyl (C=O) groups is 3. The highest BCUT2D eigenvalue weighted by molar-refractivity contribution is 6.40. The van der Waals surface area contributed by atoms with Gasteiger partial charge in [0.2, 0.25) is 11.6 Å². The standard InChI is InChI=1S/C11H17NO4/c1-11(2,3)9(14)8(13)6-4-5-12-7(6)10(15)16/h6-7,12H,4-5H2,1-3H3,(H,15,16)/t6?,7-/m0/s1. The third kappa shape index (κ3) is 2.47. The molecule has 16 heavy (non-hydrogen) atoms. The van der Waals surface area contributed by atoms with Crippen molar-refractivity contribution in [2.75, 3.05) is 6.54 Å². The van der Waals surface area contributed by atoms with Crippen LogP contribution in [0.3, 0.4) is 0 Å². The number of carbonyl (C=O) groups excluding carboxylic acids is 2. The van der Waals surface area contributed by atoms with Gasteiger partial charge in [0.15, 0.2) is 0 Å². The van der Waals surface area contributed by atoms with E-state index in [9.17, 15) is 14.4 Å². The molecule has 1 fully saturated rings. The lowest BCUT2D eigenvalue weighted by Crippen LogP contribution is -2.43. The maximum absolute atomic E-state index is 11.9. The van der Waals surface area contributed by atoms with Crippen molar-refractivity contribution in [2.24, 2.45) is 11.3 Å². The van der Waals surface area contributed by atoms with E-state index in [0.29, 0.717) is 13.0 Å². The molecule has 0 aliphatic carbocycles. The normalized spacial score (nSPS) is 25.4. The molecule has 1 unspecified atom stereocenters. The average molecular weight is 227 g/mol.